The van der Waals surface area contributed by atoms with E-state index in [4.69, 9.17) is 10.5 Å². The lowest BCUT2D eigenvalue weighted by Gasteiger charge is -2.19. The summed E-state index contributed by atoms with van der Waals surface area (Å²) in [6.45, 7) is 0.260. The predicted molar refractivity (Wildman–Crippen MR) is 41.4 cm³/mol. The summed E-state index contributed by atoms with van der Waals surface area (Å²) in [7, 11) is 1.52. The molecule has 0 spiro atoms. The first-order chi connectivity index (χ1) is 5.20. The van der Waals surface area contributed by atoms with E-state index in [0.717, 1.165) is 0 Å². The monoisotopic (exact) mass is 154 g/mol. The fourth-order valence-electron chi connectivity index (χ4n) is 0.756. The molecule has 11 heavy (non-hydrogen) atoms. The Balaban J connectivity index is 2.70. The predicted octanol–water partition coefficient (Wildman–Crippen LogP) is -0.502. The van der Waals surface area contributed by atoms with Gasteiger partial charge >= 0.3 is 0 Å². The summed E-state index contributed by atoms with van der Waals surface area (Å²) < 4.78 is 4.82. The molecule has 0 aromatic rings. The molecule has 1 aliphatic heterocycles. The first kappa shape index (κ1) is 7.94. The van der Waals surface area contributed by atoms with Crippen LogP contribution in [0.15, 0.2) is 17.1 Å². The highest BCUT2D eigenvalue weighted by Crippen LogP contribution is 2.06. The molecule has 4 heteroatoms. The van der Waals surface area contributed by atoms with Crippen molar-refractivity contribution in [2.75, 3.05) is 13.7 Å². The molecule has 0 radical (unpaired) electrons. The van der Waals surface area contributed by atoms with Crippen molar-refractivity contribution >= 4 is 12.2 Å². The molecule has 60 valence electrons. The van der Waals surface area contributed by atoms with Crippen molar-refractivity contribution in [3.63, 3.8) is 0 Å². The molecule has 4 nitrogen and oxygen atoms in total. The van der Waals surface area contributed by atoms with E-state index in [-0.39, 0.29) is 6.54 Å². The van der Waals surface area contributed by atoms with Crippen molar-refractivity contribution in [1.82, 2.24) is 0 Å². The number of hydrogen-bond acceptors (Lipinski definition) is 4. The van der Waals surface area contributed by atoms with E-state index in [0.29, 0.717) is 12.2 Å². The molecule has 0 bridgehead atoms. The maximum absolute atomic E-state index is 10.4. The lowest BCUT2D eigenvalue weighted by atomic mass is 10.0. The number of carbonyl (C=O) groups excluding carboxylic acids is 1. The molecular weight excluding hydrogens is 144 g/mol. The molecule has 1 atom stereocenters. The van der Waals surface area contributed by atoms with Crippen LogP contribution in [-0.2, 0) is 9.53 Å². The number of ether oxygens (including phenoxy) is 1. The zero-order chi connectivity index (χ0) is 8.32. The lowest BCUT2D eigenvalue weighted by molar-refractivity contribution is -0.110. The second kappa shape index (κ2) is 2.84. The maximum Gasteiger partial charge on any atom is 0.208 e. The minimum absolute atomic E-state index is 0.260. The Hall–Kier alpha value is -1.16. The molecule has 0 fully saturated rings. The summed E-state index contributed by atoms with van der Waals surface area (Å²) in [5.74, 6) is 0.507. The Morgan fingerprint density at radius 1 is 1.91 bits per heavy atom. The number of nitrogens with two attached hydrogens (primary N) is 1. The molecule has 0 amide bonds. The highest BCUT2D eigenvalue weighted by Gasteiger charge is 2.23. The molecule has 0 aromatic carbocycles. The van der Waals surface area contributed by atoms with Crippen LogP contribution in [0, 0.1) is 0 Å². The molecule has 1 aliphatic rings. The molecule has 0 aromatic heterocycles. The Kier molecular flexibility index (Phi) is 2.05. The first-order valence-corrected chi connectivity index (χ1v) is 3.23. The Morgan fingerprint density at radius 2 is 2.64 bits per heavy atom. The van der Waals surface area contributed by atoms with E-state index in [9.17, 15) is 4.79 Å². The molecule has 0 saturated heterocycles. The normalized spacial score (nSPS) is 29.5. The second-order valence-electron chi connectivity index (χ2n) is 2.42. The van der Waals surface area contributed by atoms with E-state index in [1.54, 1.807) is 12.2 Å². The van der Waals surface area contributed by atoms with Crippen LogP contribution >= 0.6 is 0 Å². The Labute approximate surface area is 64.7 Å². The smallest absolute Gasteiger partial charge is 0.208 e. The highest BCUT2D eigenvalue weighted by molar-refractivity contribution is 5.90. The Bertz CT molecular complexity index is 222. The maximum atomic E-state index is 10.4. The highest BCUT2D eigenvalue weighted by atomic mass is 16.5. The summed E-state index contributed by atoms with van der Waals surface area (Å²) in [5, 5.41) is 0. The van der Waals surface area contributed by atoms with Crippen molar-refractivity contribution in [2.24, 2.45) is 10.7 Å². The van der Waals surface area contributed by atoms with E-state index in [1.807, 2.05) is 0 Å². The van der Waals surface area contributed by atoms with Gasteiger partial charge in [-0.25, -0.2) is 4.99 Å². The van der Waals surface area contributed by atoms with Crippen LogP contribution in [0.25, 0.3) is 0 Å². The zero-order valence-corrected chi connectivity index (χ0v) is 6.28. The molecule has 1 heterocycles. The number of aliphatic imine (C=N–C) groups is 1. The number of nitrogens with zero attached hydrogens (tertiary/aromatic N) is 1. The summed E-state index contributed by atoms with van der Waals surface area (Å²) >= 11 is 0. The van der Waals surface area contributed by atoms with Gasteiger partial charge in [0.25, 0.3) is 0 Å². The van der Waals surface area contributed by atoms with Gasteiger partial charge in [-0.1, -0.05) is 6.08 Å². The van der Waals surface area contributed by atoms with Crippen LogP contribution in [0.3, 0.4) is 0 Å². The summed E-state index contributed by atoms with van der Waals surface area (Å²) in [6.07, 6.45) is 3.86. The average Bonchev–Trinajstić information content (AvgIpc) is 2.06. The number of rotatable bonds is 1. The van der Waals surface area contributed by atoms with Gasteiger partial charge in [-0.3, -0.25) is 0 Å². The molecular formula is C7H10N2O2. The molecule has 1 unspecified atom stereocenters. The second-order valence-corrected chi connectivity index (χ2v) is 2.42. The van der Waals surface area contributed by atoms with Gasteiger partial charge in [-0.2, -0.15) is 0 Å². The van der Waals surface area contributed by atoms with Gasteiger partial charge in [0.1, 0.15) is 11.8 Å². The van der Waals surface area contributed by atoms with E-state index < -0.39 is 5.54 Å². The van der Waals surface area contributed by atoms with E-state index in [1.165, 1.54) is 7.11 Å². The Morgan fingerprint density at radius 3 is 3.00 bits per heavy atom. The molecule has 0 aliphatic carbocycles. The first-order valence-electron chi connectivity index (χ1n) is 3.23. The SMILES string of the molecule is COC1=NCC(N)(C=O)C=C1. The zero-order valence-electron chi connectivity index (χ0n) is 6.28. The third-order valence-electron chi connectivity index (χ3n) is 1.47. The topological polar surface area (TPSA) is 64.7 Å². The van der Waals surface area contributed by atoms with Crippen LogP contribution in [-0.4, -0.2) is 31.4 Å². The van der Waals surface area contributed by atoms with E-state index >= 15 is 0 Å². The van der Waals surface area contributed by atoms with Crippen molar-refractivity contribution in [3.8, 4) is 0 Å². The lowest BCUT2D eigenvalue weighted by Crippen LogP contribution is -2.44. The van der Waals surface area contributed by atoms with Crippen LogP contribution in [0.5, 0.6) is 0 Å². The standard InChI is InChI=1S/C7H10N2O2/c1-11-6-2-3-7(8,5-10)4-9-6/h2-3,5H,4,8H2,1H3. The summed E-state index contributed by atoms with van der Waals surface area (Å²) in [4.78, 5) is 14.3. The van der Waals surface area contributed by atoms with E-state index in [2.05, 4.69) is 4.99 Å². The number of hydrogen-bond donors (Lipinski definition) is 1. The molecule has 1 rings (SSSR count). The van der Waals surface area contributed by atoms with Crippen LogP contribution in [0.1, 0.15) is 0 Å². The van der Waals surface area contributed by atoms with Crippen LogP contribution < -0.4 is 5.73 Å². The molecule has 0 saturated carbocycles. The van der Waals surface area contributed by atoms with Gasteiger partial charge in [0.05, 0.1) is 13.7 Å². The van der Waals surface area contributed by atoms with Crippen molar-refractivity contribution < 1.29 is 9.53 Å². The number of dihydropyridines is 1. The van der Waals surface area contributed by atoms with Crippen LogP contribution in [0.4, 0.5) is 0 Å². The van der Waals surface area contributed by atoms with Crippen molar-refractivity contribution in [3.05, 3.63) is 12.2 Å². The number of aldehydes is 1. The van der Waals surface area contributed by atoms with Crippen molar-refractivity contribution in [1.29, 1.82) is 0 Å². The van der Waals surface area contributed by atoms with Gasteiger partial charge in [-0.15, -0.1) is 0 Å². The third kappa shape index (κ3) is 1.65. The van der Waals surface area contributed by atoms with Gasteiger partial charge in [-0.05, 0) is 6.08 Å². The summed E-state index contributed by atoms with van der Waals surface area (Å²) in [5.41, 5.74) is 4.63. The third-order valence-corrected chi connectivity index (χ3v) is 1.47. The fourth-order valence-corrected chi connectivity index (χ4v) is 0.756. The summed E-state index contributed by atoms with van der Waals surface area (Å²) in [6, 6.07) is 0. The minimum atomic E-state index is -0.929. The fraction of sp³-hybridized carbons (Fsp3) is 0.429. The van der Waals surface area contributed by atoms with Gasteiger partial charge in [0, 0.05) is 0 Å². The largest absolute Gasteiger partial charge is 0.481 e. The van der Waals surface area contributed by atoms with Gasteiger partial charge in [0.15, 0.2) is 0 Å². The van der Waals surface area contributed by atoms with Crippen LogP contribution in [0.2, 0.25) is 0 Å². The van der Waals surface area contributed by atoms with Gasteiger partial charge in [0.2, 0.25) is 5.90 Å². The minimum Gasteiger partial charge on any atom is -0.481 e. The molecule has 2 N–H and O–H groups in total. The van der Waals surface area contributed by atoms with Crippen molar-refractivity contribution in [2.45, 2.75) is 5.54 Å². The number of carbonyl (C=O) groups is 1. The average molecular weight is 154 g/mol. The quantitative estimate of drug-likeness (QED) is 0.518. The van der Waals surface area contributed by atoms with Gasteiger partial charge < -0.3 is 15.3 Å². The number of methoxy groups -OCH3 is 1.